The molecule has 0 spiro atoms. The van der Waals surface area contributed by atoms with Gasteiger partial charge in [-0.05, 0) is 54.3 Å². The fourth-order valence-electron chi connectivity index (χ4n) is 1.69. The topological polar surface area (TPSA) is 84.1 Å². The summed E-state index contributed by atoms with van der Waals surface area (Å²) in [6.45, 7) is 0. The van der Waals surface area contributed by atoms with Gasteiger partial charge in [0.25, 0.3) is 11.5 Å². The molecule has 0 unspecified atom stereocenters. The zero-order valence-electron chi connectivity index (χ0n) is 12.2. The van der Waals surface area contributed by atoms with Gasteiger partial charge in [-0.3, -0.25) is 14.9 Å². The van der Waals surface area contributed by atoms with Crippen molar-refractivity contribution in [3.63, 3.8) is 0 Å². The van der Waals surface area contributed by atoms with Gasteiger partial charge in [-0.15, -0.1) is 11.8 Å². The number of amides is 1. The number of hydrogen-bond donors (Lipinski definition) is 1. The van der Waals surface area contributed by atoms with Crippen molar-refractivity contribution in [1.29, 1.82) is 5.26 Å². The maximum Gasteiger partial charge on any atom is 0.286 e. The molecule has 0 bridgehead atoms. The molecule has 6 nitrogen and oxygen atoms in total. The van der Waals surface area contributed by atoms with Gasteiger partial charge < -0.3 is 4.74 Å². The Bertz CT molecular complexity index is 847. The predicted molar refractivity (Wildman–Crippen MR) is 93.5 cm³/mol. The third kappa shape index (κ3) is 3.61. The standard InChI is InChI=1S/C14H11N3O3S3/c1-20-9-5-3-8(4-6-9)11(18)16-14(21)17-12(19)10(7-15)13(22-2)23-17/h3-6H,1-2H3,(H,16,18,21). The number of rotatable bonds is 3. The molecule has 0 aliphatic carbocycles. The van der Waals surface area contributed by atoms with E-state index in [9.17, 15) is 9.59 Å². The maximum atomic E-state index is 12.1. The van der Waals surface area contributed by atoms with Gasteiger partial charge >= 0.3 is 0 Å². The average Bonchev–Trinajstić information content (AvgIpc) is 2.90. The normalized spacial score (nSPS) is 9.96. The van der Waals surface area contributed by atoms with Gasteiger partial charge in [-0.25, -0.2) is 3.96 Å². The van der Waals surface area contributed by atoms with E-state index in [4.69, 9.17) is 22.2 Å². The van der Waals surface area contributed by atoms with Crippen LogP contribution in [0, 0.1) is 11.3 Å². The lowest BCUT2D eigenvalue weighted by Crippen LogP contribution is -2.37. The van der Waals surface area contributed by atoms with Crippen LogP contribution in [-0.2, 0) is 0 Å². The number of methoxy groups -OCH3 is 1. The summed E-state index contributed by atoms with van der Waals surface area (Å²) in [5.41, 5.74) is -0.117. The first-order chi connectivity index (χ1) is 11.0. The molecule has 1 heterocycles. The molecule has 0 saturated carbocycles. The van der Waals surface area contributed by atoms with E-state index in [1.54, 1.807) is 30.5 Å². The Morgan fingerprint density at radius 2 is 2.09 bits per heavy atom. The summed E-state index contributed by atoms with van der Waals surface area (Å²) in [6, 6.07) is 8.32. The quantitative estimate of drug-likeness (QED) is 0.662. The van der Waals surface area contributed by atoms with Crippen LogP contribution in [0.4, 0.5) is 0 Å². The molecular formula is C14H11N3O3S3. The van der Waals surface area contributed by atoms with Gasteiger partial charge in [0.05, 0.1) is 7.11 Å². The molecule has 118 valence electrons. The first-order valence-electron chi connectivity index (χ1n) is 6.22. The molecule has 0 radical (unpaired) electrons. The second-order valence-electron chi connectivity index (χ2n) is 4.16. The number of nitriles is 1. The number of thioether (sulfide) groups is 1. The number of aromatic nitrogens is 1. The van der Waals surface area contributed by atoms with Crippen LogP contribution in [0.1, 0.15) is 15.9 Å². The highest BCUT2D eigenvalue weighted by Crippen LogP contribution is 2.22. The van der Waals surface area contributed by atoms with Crippen molar-refractivity contribution in [1.82, 2.24) is 9.27 Å². The Morgan fingerprint density at radius 1 is 1.43 bits per heavy atom. The highest BCUT2D eigenvalue weighted by atomic mass is 32.2. The summed E-state index contributed by atoms with van der Waals surface area (Å²) in [4.78, 5) is 24.3. The first-order valence-corrected chi connectivity index (χ1v) is 8.62. The van der Waals surface area contributed by atoms with E-state index in [0.717, 1.165) is 15.5 Å². The SMILES string of the molecule is COc1ccc(C(=O)NC(=S)n2sc(SC)c(C#N)c2=O)cc1. The minimum absolute atomic E-state index is 0.0311. The molecule has 0 fully saturated rings. The molecule has 2 rings (SSSR count). The largest absolute Gasteiger partial charge is 0.497 e. The smallest absolute Gasteiger partial charge is 0.286 e. The Hall–Kier alpha value is -2.15. The summed E-state index contributed by atoms with van der Waals surface area (Å²) < 4.78 is 6.70. The van der Waals surface area contributed by atoms with Gasteiger partial charge in [0.1, 0.15) is 21.6 Å². The van der Waals surface area contributed by atoms with Crippen LogP contribution in [0.15, 0.2) is 33.3 Å². The average molecular weight is 365 g/mol. The molecule has 23 heavy (non-hydrogen) atoms. The molecule has 0 atom stereocenters. The summed E-state index contributed by atoms with van der Waals surface area (Å²) in [7, 11) is 1.53. The van der Waals surface area contributed by atoms with E-state index in [0.29, 0.717) is 15.5 Å². The zero-order valence-corrected chi connectivity index (χ0v) is 14.6. The van der Waals surface area contributed by atoms with Crippen molar-refractivity contribution >= 4 is 46.5 Å². The molecule has 0 saturated heterocycles. The number of benzene rings is 1. The highest BCUT2D eigenvalue weighted by Gasteiger charge is 2.18. The van der Waals surface area contributed by atoms with Gasteiger partial charge in [0.15, 0.2) is 5.11 Å². The Balaban J connectivity index is 2.22. The van der Waals surface area contributed by atoms with Crippen LogP contribution in [0.2, 0.25) is 0 Å². The Kier molecular flexibility index (Phi) is 5.54. The van der Waals surface area contributed by atoms with Gasteiger partial charge in [-0.2, -0.15) is 5.26 Å². The van der Waals surface area contributed by atoms with Crippen LogP contribution >= 0.6 is 35.5 Å². The van der Waals surface area contributed by atoms with Crippen LogP contribution in [0.3, 0.4) is 0 Å². The zero-order chi connectivity index (χ0) is 17.0. The lowest BCUT2D eigenvalue weighted by atomic mass is 10.2. The van der Waals surface area contributed by atoms with Crippen molar-refractivity contribution in [3.8, 4) is 11.8 Å². The van der Waals surface area contributed by atoms with Crippen molar-refractivity contribution in [2.75, 3.05) is 13.4 Å². The van der Waals surface area contributed by atoms with E-state index in [1.165, 1.54) is 18.9 Å². The molecule has 1 amide bonds. The van der Waals surface area contributed by atoms with Crippen LogP contribution < -0.4 is 15.6 Å². The maximum absolute atomic E-state index is 12.1. The number of carbonyl (C=O) groups is 1. The summed E-state index contributed by atoms with van der Waals surface area (Å²) >= 11 is 7.41. The minimum Gasteiger partial charge on any atom is -0.497 e. The van der Waals surface area contributed by atoms with E-state index in [-0.39, 0.29) is 10.7 Å². The van der Waals surface area contributed by atoms with E-state index in [2.05, 4.69) is 5.32 Å². The number of carbonyl (C=O) groups excluding carboxylic acids is 1. The Labute approximate surface area is 145 Å². The molecule has 0 aliphatic heterocycles. The lowest BCUT2D eigenvalue weighted by molar-refractivity contribution is 0.0977. The Morgan fingerprint density at radius 3 is 2.57 bits per heavy atom. The van der Waals surface area contributed by atoms with Crippen molar-refractivity contribution in [3.05, 3.63) is 45.7 Å². The molecule has 1 aromatic heterocycles. The molecule has 1 N–H and O–H groups in total. The number of ether oxygens (including phenoxy) is 1. The molecule has 9 heteroatoms. The second-order valence-corrected chi connectivity index (χ2v) is 6.57. The number of thiocarbonyl (C=S) groups is 1. The fraction of sp³-hybridized carbons (Fsp3) is 0.143. The molecule has 0 aliphatic rings. The van der Waals surface area contributed by atoms with Crippen molar-refractivity contribution < 1.29 is 9.53 Å². The predicted octanol–water partition coefficient (Wildman–Crippen LogP) is 2.07. The molecule has 1 aromatic carbocycles. The molecule has 2 aromatic rings. The van der Waals surface area contributed by atoms with E-state index >= 15 is 0 Å². The monoisotopic (exact) mass is 365 g/mol. The summed E-state index contributed by atoms with van der Waals surface area (Å²) in [6.07, 6.45) is 1.76. The summed E-state index contributed by atoms with van der Waals surface area (Å²) in [5, 5.41) is 11.5. The first kappa shape index (κ1) is 17.2. The van der Waals surface area contributed by atoms with Crippen LogP contribution in [0.25, 0.3) is 0 Å². The van der Waals surface area contributed by atoms with E-state index < -0.39 is 11.5 Å². The van der Waals surface area contributed by atoms with Crippen LogP contribution in [0.5, 0.6) is 5.75 Å². The number of nitrogens with one attached hydrogen (secondary N) is 1. The van der Waals surface area contributed by atoms with Gasteiger partial charge in [0.2, 0.25) is 0 Å². The van der Waals surface area contributed by atoms with Gasteiger partial charge in [0, 0.05) is 5.56 Å². The summed E-state index contributed by atoms with van der Waals surface area (Å²) in [5.74, 6) is 0.184. The third-order valence-corrected chi connectivity index (χ3v) is 5.43. The van der Waals surface area contributed by atoms with Crippen molar-refractivity contribution in [2.45, 2.75) is 4.21 Å². The lowest BCUT2D eigenvalue weighted by Gasteiger charge is -2.06. The highest BCUT2D eigenvalue weighted by molar-refractivity contribution is 8.00. The second kappa shape index (κ2) is 7.41. The third-order valence-electron chi connectivity index (χ3n) is 2.83. The van der Waals surface area contributed by atoms with E-state index in [1.807, 2.05) is 6.07 Å². The number of nitrogens with zero attached hydrogens (tertiary/aromatic N) is 2. The minimum atomic E-state index is -0.526. The molecular weight excluding hydrogens is 354 g/mol. The van der Waals surface area contributed by atoms with Gasteiger partial charge in [-0.1, -0.05) is 0 Å². The van der Waals surface area contributed by atoms with Crippen LogP contribution in [-0.4, -0.2) is 28.3 Å². The fourth-order valence-corrected chi connectivity index (χ4v) is 3.53. The number of hydrogen-bond acceptors (Lipinski definition) is 7. The van der Waals surface area contributed by atoms with Crippen molar-refractivity contribution in [2.24, 2.45) is 0 Å².